The van der Waals surface area contributed by atoms with Gasteiger partial charge in [0.15, 0.2) is 11.5 Å². The van der Waals surface area contributed by atoms with Gasteiger partial charge in [-0.05, 0) is 31.5 Å². The Kier molecular flexibility index (Phi) is 5.39. The van der Waals surface area contributed by atoms with E-state index in [2.05, 4.69) is 26.8 Å². The second-order valence-corrected chi connectivity index (χ2v) is 6.97. The van der Waals surface area contributed by atoms with Crippen molar-refractivity contribution < 1.29 is 0 Å². The van der Waals surface area contributed by atoms with E-state index in [0.29, 0.717) is 5.69 Å². The average molecular weight is 374 g/mol. The van der Waals surface area contributed by atoms with Crippen LogP contribution < -0.4 is 16.8 Å². The van der Waals surface area contributed by atoms with Crippen LogP contribution in [-0.2, 0) is 0 Å². The molecule has 0 spiro atoms. The summed E-state index contributed by atoms with van der Waals surface area (Å²) in [6.07, 6.45) is 6.37. The number of anilines is 2. The molecule has 28 heavy (non-hydrogen) atoms. The molecule has 0 aliphatic rings. The Hall–Kier alpha value is -3.12. The zero-order valence-corrected chi connectivity index (χ0v) is 15.9. The van der Waals surface area contributed by atoms with Gasteiger partial charge in [0.1, 0.15) is 5.52 Å². The number of hydrogen-bond donors (Lipinski definition) is 3. The maximum absolute atomic E-state index is 6.25. The van der Waals surface area contributed by atoms with Gasteiger partial charge in [-0.2, -0.15) is 0 Å². The van der Waals surface area contributed by atoms with E-state index in [9.17, 15) is 0 Å². The normalized spacial score (nSPS) is 11.3. The van der Waals surface area contributed by atoms with Gasteiger partial charge in [-0.3, -0.25) is 4.40 Å². The van der Waals surface area contributed by atoms with Gasteiger partial charge in [0.2, 0.25) is 0 Å². The topological polar surface area (TPSA) is 94.3 Å². The van der Waals surface area contributed by atoms with Crippen LogP contribution in [0.4, 0.5) is 11.5 Å². The number of rotatable bonds is 8. The van der Waals surface area contributed by atoms with Crippen molar-refractivity contribution in [2.45, 2.75) is 25.7 Å². The van der Waals surface area contributed by atoms with Gasteiger partial charge >= 0.3 is 0 Å². The van der Waals surface area contributed by atoms with Gasteiger partial charge in [0.25, 0.3) is 0 Å². The van der Waals surface area contributed by atoms with Gasteiger partial charge in [0, 0.05) is 12.1 Å². The molecule has 0 radical (unpaired) electrons. The minimum atomic E-state index is 0.665. The lowest BCUT2D eigenvalue weighted by molar-refractivity contribution is 0.661. The molecule has 6 nitrogen and oxygen atoms in total. The fraction of sp³-hybridized carbons (Fsp3) is 0.273. The van der Waals surface area contributed by atoms with Gasteiger partial charge < -0.3 is 16.8 Å². The van der Waals surface area contributed by atoms with Crippen LogP contribution >= 0.6 is 0 Å². The smallest absolute Gasteiger partial charge is 0.181 e. The summed E-state index contributed by atoms with van der Waals surface area (Å²) in [4.78, 5) is 9.49. The maximum atomic E-state index is 6.25. The second-order valence-electron chi connectivity index (χ2n) is 6.97. The molecule has 4 rings (SSSR count). The predicted octanol–water partition coefficient (Wildman–Crippen LogP) is 4.06. The molecule has 0 aliphatic carbocycles. The van der Waals surface area contributed by atoms with Crippen molar-refractivity contribution in [3.63, 3.8) is 0 Å². The summed E-state index contributed by atoms with van der Waals surface area (Å²) in [5.74, 6) is 0.770. The lowest BCUT2D eigenvalue weighted by Crippen LogP contribution is -2.08. The first-order valence-corrected chi connectivity index (χ1v) is 9.84. The summed E-state index contributed by atoms with van der Waals surface area (Å²) in [5.41, 5.74) is 17.2. The number of imidazole rings is 1. The van der Waals surface area contributed by atoms with Gasteiger partial charge in [-0.15, -0.1) is 0 Å². The Bertz CT molecular complexity index is 1070. The number of nitrogen functional groups attached to an aromatic ring is 1. The molecule has 6 heteroatoms. The van der Waals surface area contributed by atoms with Crippen molar-refractivity contribution in [1.82, 2.24) is 14.4 Å². The number of para-hydroxylation sites is 1. The Balaban J connectivity index is 1.75. The summed E-state index contributed by atoms with van der Waals surface area (Å²) in [6, 6.07) is 16.1. The van der Waals surface area contributed by atoms with E-state index in [1.165, 1.54) is 0 Å². The van der Waals surface area contributed by atoms with Crippen LogP contribution in [0, 0.1) is 0 Å². The summed E-state index contributed by atoms with van der Waals surface area (Å²) >= 11 is 0. The molecule has 0 fully saturated rings. The monoisotopic (exact) mass is 374 g/mol. The molecule has 0 amide bonds. The molecule has 2 aromatic heterocycles. The maximum Gasteiger partial charge on any atom is 0.181 e. The first kappa shape index (κ1) is 18.3. The Morgan fingerprint density at radius 2 is 1.75 bits per heavy atom. The van der Waals surface area contributed by atoms with E-state index < -0.39 is 0 Å². The number of aromatic nitrogens is 3. The SMILES string of the molecule is NCCCCCCNc1nc2c(N)cccc2n2c(-c3ccccc3)cnc12. The third-order valence-corrected chi connectivity index (χ3v) is 4.98. The van der Waals surface area contributed by atoms with Crippen LogP contribution in [0.25, 0.3) is 27.9 Å². The van der Waals surface area contributed by atoms with Crippen molar-refractivity contribution >= 4 is 28.2 Å². The number of benzene rings is 2. The molecule has 2 aromatic carbocycles. The fourth-order valence-electron chi connectivity index (χ4n) is 3.54. The molecule has 0 atom stereocenters. The third-order valence-electron chi connectivity index (χ3n) is 4.98. The molecule has 0 unspecified atom stereocenters. The number of nitrogens with one attached hydrogen (secondary N) is 1. The van der Waals surface area contributed by atoms with Crippen LogP contribution in [0.5, 0.6) is 0 Å². The molecule has 144 valence electrons. The Morgan fingerprint density at radius 3 is 2.57 bits per heavy atom. The quantitative estimate of drug-likeness (QED) is 0.319. The number of nitrogens with two attached hydrogens (primary N) is 2. The lowest BCUT2D eigenvalue weighted by atomic mass is 10.1. The molecule has 5 N–H and O–H groups in total. The van der Waals surface area contributed by atoms with Crippen molar-refractivity contribution in [2.75, 3.05) is 24.1 Å². The molecule has 0 saturated carbocycles. The summed E-state index contributed by atoms with van der Waals surface area (Å²) in [6.45, 7) is 1.61. The second kappa shape index (κ2) is 8.27. The molecule has 4 aromatic rings. The summed E-state index contributed by atoms with van der Waals surface area (Å²) in [7, 11) is 0. The highest BCUT2D eigenvalue weighted by atomic mass is 15.1. The Labute approximate surface area is 164 Å². The van der Waals surface area contributed by atoms with Crippen molar-refractivity contribution in [3.8, 4) is 11.3 Å². The fourth-order valence-corrected chi connectivity index (χ4v) is 3.54. The first-order valence-electron chi connectivity index (χ1n) is 9.84. The highest BCUT2D eigenvalue weighted by Gasteiger charge is 2.15. The van der Waals surface area contributed by atoms with Crippen LogP contribution in [-0.4, -0.2) is 27.5 Å². The highest BCUT2D eigenvalue weighted by Crippen LogP contribution is 2.30. The van der Waals surface area contributed by atoms with Crippen molar-refractivity contribution in [3.05, 3.63) is 54.7 Å². The number of hydrogen-bond acceptors (Lipinski definition) is 5. The Morgan fingerprint density at radius 1 is 0.929 bits per heavy atom. The third kappa shape index (κ3) is 3.51. The van der Waals surface area contributed by atoms with E-state index in [4.69, 9.17) is 16.5 Å². The molecular weight excluding hydrogens is 348 g/mol. The lowest BCUT2D eigenvalue weighted by Gasteiger charge is -2.12. The van der Waals surface area contributed by atoms with E-state index in [0.717, 1.165) is 72.5 Å². The number of unbranched alkanes of at least 4 members (excludes halogenated alkanes) is 3. The average Bonchev–Trinajstić information content (AvgIpc) is 3.17. The zero-order valence-electron chi connectivity index (χ0n) is 15.9. The van der Waals surface area contributed by atoms with Crippen molar-refractivity contribution in [2.24, 2.45) is 5.73 Å². The van der Waals surface area contributed by atoms with Gasteiger partial charge in [-0.1, -0.05) is 49.2 Å². The van der Waals surface area contributed by atoms with E-state index in [-0.39, 0.29) is 0 Å². The zero-order chi connectivity index (χ0) is 19.3. The van der Waals surface area contributed by atoms with E-state index in [1.807, 2.05) is 42.6 Å². The van der Waals surface area contributed by atoms with Crippen molar-refractivity contribution in [1.29, 1.82) is 0 Å². The van der Waals surface area contributed by atoms with Crippen LogP contribution in [0.3, 0.4) is 0 Å². The molecule has 2 heterocycles. The summed E-state index contributed by atoms with van der Waals surface area (Å²) in [5, 5.41) is 3.47. The minimum absolute atomic E-state index is 0.665. The van der Waals surface area contributed by atoms with E-state index in [1.54, 1.807) is 0 Å². The predicted molar refractivity (Wildman–Crippen MR) is 116 cm³/mol. The highest BCUT2D eigenvalue weighted by molar-refractivity contribution is 5.93. The molecule has 0 saturated heterocycles. The minimum Gasteiger partial charge on any atom is -0.397 e. The molecular formula is C22H26N6. The summed E-state index contributed by atoms with van der Waals surface area (Å²) < 4.78 is 2.14. The van der Waals surface area contributed by atoms with Crippen LogP contribution in [0.1, 0.15) is 25.7 Å². The van der Waals surface area contributed by atoms with Gasteiger partial charge in [0.05, 0.1) is 23.1 Å². The largest absolute Gasteiger partial charge is 0.397 e. The van der Waals surface area contributed by atoms with Crippen LogP contribution in [0.2, 0.25) is 0 Å². The van der Waals surface area contributed by atoms with E-state index >= 15 is 0 Å². The molecule has 0 bridgehead atoms. The first-order chi connectivity index (χ1) is 13.8. The van der Waals surface area contributed by atoms with Gasteiger partial charge in [-0.25, -0.2) is 9.97 Å². The molecule has 0 aliphatic heterocycles. The van der Waals surface area contributed by atoms with Crippen LogP contribution in [0.15, 0.2) is 54.7 Å². The number of fused-ring (bicyclic) bond motifs is 3. The number of nitrogens with zero attached hydrogens (tertiary/aromatic N) is 3. The standard InChI is InChI=1S/C22H26N6/c23-13-6-1-2-7-14-25-21-22-26-15-19(16-9-4-3-5-10-16)28(22)18-12-8-11-17(24)20(18)27-21/h3-5,8-12,15H,1-2,6-7,13-14,23-24H2,(H,25,27).